The third-order valence-corrected chi connectivity index (χ3v) is 5.04. The smallest absolute Gasteiger partial charge is 0.0287 e. The second-order valence-electron chi connectivity index (χ2n) is 5.70. The lowest BCUT2D eigenvalue weighted by Crippen LogP contribution is -2.50. The Morgan fingerprint density at radius 1 is 1.00 bits per heavy atom. The highest BCUT2D eigenvalue weighted by atomic mass is 15.4. The molecule has 15 heavy (non-hydrogen) atoms. The number of hydrogen-bond acceptors (Lipinski definition) is 3. The van der Waals surface area contributed by atoms with Gasteiger partial charge in [-0.2, -0.15) is 0 Å². The molecular formula is C12H23N3. The average Bonchev–Trinajstić information content (AvgIpc) is 2.54. The number of fused-ring (bicyclic) bond motifs is 3. The van der Waals surface area contributed by atoms with Gasteiger partial charge in [0.15, 0.2) is 0 Å². The molecule has 4 atom stereocenters. The van der Waals surface area contributed by atoms with Gasteiger partial charge in [0.25, 0.3) is 0 Å². The van der Waals surface area contributed by atoms with E-state index in [1.165, 1.54) is 32.1 Å². The molecule has 3 nitrogen and oxygen atoms in total. The Kier molecular flexibility index (Phi) is 2.49. The Balaban J connectivity index is 1.81. The second kappa shape index (κ2) is 3.72. The number of hydrazine groups is 1. The Morgan fingerprint density at radius 2 is 1.73 bits per heavy atom. The van der Waals surface area contributed by atoms with Crippen molar-refractivity contribution in [3.8, 4) is 0 Å². The van der Waals surface area contributed by atoms with Crippen molar-refractivity contribution >= 4 is 0 Å². The van der Waals surface area contributed by atoms with Crippen LogP contribution in [0.25, 0.3) is 0 Å². The first-order valence-corrected chi connectivity index (χ1v) is 6.49. The Morgan fingerprint density at radius 3 is 2.60 bits per heavy atom. The number of hydrogen-bond donors (Lipinski definition) is 1. The zero-order valence-corrected chi connectivity index (χ0v) is 9.73. The van der Waals surface area contributed by atoms with Gasteiger partial charge in [-0.25, -0.2) is 5.01 Å². The molecule has 1 saturated carbocycles. The third-order valence-electron chi connectivity index (χ3n) is 5.04. The minimum absolute atomic E-state index is 0.747. The highest BCUT2D eigenvalue weighted by Gasteiger charge is 2.48. The SMILES string of the molecule is CN1C2CCCCC2C2CCN(N)CC21. The van der Waals surface area contributed by atoms with Crippen LogP contribution in [0.15, 0.2) is 0 Å². The lowest BCUT2D eigenvalue weighted by atomic mass is 9.76. The van der Waals surface area contributed by atoms with E-state index in [-0.39, 0.29) is 0 Å². The van der Waals surface area contributed by atoms with Crippen LogP contribution in [0.3, 0.4) is 0 Å². The molecular weight excluding hydrogens is 186 g/mol. The van der Waals surface area contributed by atoms with E-state index < -0.39 is 0 Å². The number of piperidine rings is 1. The Bertz CT molecular complexity index is 243. The van der Waals surface area contributed by atoms with Gasteiger partial charge in [0.1, 0.15) is 0 Å². The van der Waals surface area contributed by atoms with Crippen LogP contribution in [0.4, 0.5) is 0 Å². The molecule has 0 aromatic carbocycles. The molecule has 1 aliphatic carbocycles. The normalized spacial score (nSPS) is 47.6. The fraction of sp³-hybridized carbons (Fsp3) is 1.00. The fourth-order valence-electron chi connectivity index (χ4n) is 4.30. The summed E-state index contributed by atoms with van der Waals surface area (Å²) in [4.78, 5) is 2.65. The van der Waals surface area contributed by atoms with E-state index in [2.05, 4.69) is 11.9 Å². The second-order valence-corrected chi connectivity index (χ2v) is 5.70. The van der Waals surface area contributed by atoms with Crippen LogP contribution in [0.5, 0.6) is 0 Å². The fourth-order valence-corrected chi connectivity index (χ4v) is 4.30. The minimum Gasteiger partial charge on any atom is -0.299 e. The summed E-state index contributed by atoms with van der Waals surface area (Å²) in [5, 5.41) is 2.02. The quantitative estimate of drug-likeness (QED) is 0.605. The average molecular weight is 209 g/mol. The largest absolute Gasteiger partial charge is 0.299 e. The van der Waals surface area contributed by atoms with Crippen LogP contribution in [0.1, 0.15) is 32.1 Å². The van der Waals surface area contributed by atoms with Gasteiger partial charge in [-0.05, 0) is 38.1 Å². The molecule has 2 aliphatic heterocycles. The van der Waals surface area contributed by atoms with Crippen LogP contribution < -0.4 is 5.84 Å². The van der Waals surface area contributed by atoms with E-state index in [4.69, 9.17) is 5.84 Å². The van der Waals surface area contributed by atoms with Crippen molar-refractivity contribution in [2.45, 2.75) is 44.2 Å². The molecule has 2 saturated heterocycles. The molecule has 3 rings (SSSR count). The molecule has 3 aliphatic rings. The Hall–Kier alpha value is -0.120. The molecule has 3 fully saturated rings. The highest BCUT2D eigenvalue weighted by molar-refractivity contribution is 5.02. The standard InChI is InChI=1S/C12H23N3/c1-14-11-5-3-2-4-9(11)10-6-7-15(13)8-12(10)14/h9-12H,2-8,13H2,1H3. The molecule has 0 aromatic rings. The first kappa shape index (κ1) is 10.1. The molecule has 86 valence electrons. The summed E-state index contributed by atoms with van der Waals surface area (Å²) in [6.45, 7) is 2.20. The van der Waals surface area contributed by atoms with Gasteiger partial charge in [0.2, 0.25) is 0 Å². The number of nitrogens with two attached hydrogens (primary N) is 1. The van der Waals surface area contributed by atoms with E-state index in [1.54, 1.807) is 0 Å². The molecule has 0 radical (unpaired) electrons. The van der Waals surface area contributed by atoms with Gasteiger partial charge in [-0.1, -0.05) is 12.8 Å². The number of rotatable bonds is 0. The van der Waals surface area contributed by atoms with Crippen molar-refractivity contribution in [3.63, 3.8) is 0 Å². The topological polar surface area (TPSA) is 32.5 Å². The first-order chi connectivity index (χ1) is 7.27. The van der Waals surface area contributed by atoms with E-state index in [9.17, 15) is 0 Å². The summed E-state index contributed by atoms with van der Waals surface area (Å²) in [5.74, 6) is 7.88. The summed E-state index contributed by atoms with van der Waals surface area (Å²) in [5.41, 5.74) is 0. The van der Waals surface area contributed by atoms with Crippen molar-refractivity contribution in [3.05, 3.63) is 0 Å². The molecule has 2 heterocycles. The van der Waals surface area contributed by atoms with Crippen molar-refractivity contribution in [2.75, 3.05) is 20.1 Å². The molecule has 0 amide bonds. The van der Waals surface area contributed by atoms with Gasteiger partial charge in [-0.3, -0.25) is 10.7 Å². The molecule has 0 bridgehead atoms. The van der Waals surface area contributed by atoms with Gasteiger partial charge >= 0.3 is 0 Å². The summed E-state index contributed by atoms with van der Waals surface area (Å²) in [6, 6.07) is 1.62. The summed E-state index contributed by atoms with van der Waals surface area (Å²) in [7, 11) is 2.33. The van der Waals surface area contributed by atoms with E-state index >= 15 is 0 Å². The number of likely N-dealkylation sites (tertiary alicyclic amines) is 1. The van der Waals surface area contributed by atoms with Gasteiger partial charge < -0.3 is 0 Å². The monoisotopic (exact) mass is 209 g/mol. The Labute approximate surface area is 92.6 Å². The molecule has 0 spiro atoms. The summed E-state index contributed by atoms with van der Waals surface area (Å²) in [6.07, 6.45) is 7.13. The van der Waals surface area contributed by atoms with Gasteiger partial charge in [0.05, 0.1) is 0 Å². The third kappa shape index (κ3) is 1.52. The molecule has 4 unspecified atom stereocenters. The summed E-state index contributed by atoms with van der Waals surface area (Å²) >= 11 is 0. The predicted molar refractivity (Wildman–Crippen MR) is 61.2 cm³/mol. The van der Waals surface area contributed by atoms with Crippen LogP contribution in [-0.4, -0.2) is 42.1 Å². The zero-order valence-electron chi connectivity index (χ0n) is 9.73. The van der Waals surface area contributed by atoms with E-state index in [0.717, 1.165) is 37.0 Å². The van der Waals surface area contributed by atoms with E-state index in [1.807, 2.05) is 5.01 Å². The number of nitrogens with zero attached hydrogens (tertiary/aromatic N) is 2. The maximum Gasteiger partial charge on any atom is 0.0287 e. The van der Waals surface area contributed by atoms with Crippen LogP contribution in [0, 0.1) is 11.8 Å². The lowest BCUT2D eigenvalue weighted by Gasteiger charge is -2.36. The zero-order chi connectivity index (χ0) is 10.4. The maximum atomic E-state index is 5.95. The van der Waals surface area contributed by atoms with Crippen LogP contribution in [0.2, 0.25) is 0 Å². The van der Waals surface area contributed by atoms with Crippen LogP contribution >= 0.6 is 0 Å². The minimum atomic E-state index is 0.747. The molecule has 3 heteroatoms. The van der Waals surface area contributed by atoms with Crippen LogP contribution in [-0.2, 0) is 0 Å². The van der Waals surface area contributed by atoms with Gasteiger partial charge in [-0.15, -0.1) is 0 Å². The lowest BCUT2D eigenvalue weighted by molar-refractivity contribution is 0.107. The first-order valence-electron chi connectivity index (χ1n) is 6.49. The number of likely N-dealkylation sites (N-methyl/N-ethyl adjacent to an activating group) is 1. The molecule has 0 aromatic heterocycles. The van der Waals surface area contributed by atoms with Crippen molar-refractivity contribution in [1.29, 1.82) is 0 Å². The maximum absolute atomic E-state index is 5.95. The predicted octanol–water partition coefficient (Wildman–Crippen LogP) is 1.05. The van der Waals surface area contributed by atoms with Crippen molar-refractivity contribution in [1.82, 2.24) is 9.91 Å². The van der Waals surface area contributed by atoms with Gasteiger partial charge in [0, 0.05) is 25.2 Å². The van der Waals surface area contributed by atoms with Crippen molar-refractivity contribution in [2.24, 2.45) is 17.7 Å². The van der Waals surface area contributed by atoms with E-state index in [0.29, 0.717) is 0 Å². The highest BCUT2D eigenvalue weighted by Crippen LogP contribution is 2.45. The molecule has 2 N–H and O–H groups in total. The summed E-state index contributed by atoms with van der Waals surface area (Å²) < 4.78 is 0. The van der Waals surface area contributed by atoms with Crippen molar-refractivity contribution < 1.29 is 0 Å².